The lowest BCUT2D eigenvalue weighted by Gasteiger charge is -2.20. The van der Waals surface area contributed by atoms with Crippen molar-refractivity contribution in [3.63, 3.8) is 0 Å². The second-order valence-corrected chi connectivity index (χ2v) is 6.81. The largest absolute Gasteiger partial charge is 0.283 e. The maximum Gasteiger partial charge on any atom is 0.283 e. The standard InChI is InChI=1S/C15H12Cl2N4OS/c1-2-3-12-20-21-13(18)10(14(22)19-15(21)23-12)6-8-4-5-9(16)7-11(8)17/h4-7,18H,2-3H2,1H3/b10-6-,18-13?. The van der Waals surface area contributed by atoms with Crippen molar-refractivity contribution in [1.82, 2.24) is 5.01 Å². The number of thioether (sulfide) groups is 1. The maximum atomic E-state index is 12.2. The Balaban J connectivity index is 1.97. The van der Waals surface area contributed by atoms with Crippen LogP contribution in [0.4, 0.5) is 0 Å². The zero-order valence-electron chi connectivity index (χ0n) is 12.1. The predicted molar refractivity (Wildman–Crippen MR) is 96.4 cm³/mol. The normalized spacial score (nSPS) is 19.1. The van der Waals surface area contributed by atoms with Crippen LogP contribution < -0.4 is 0 Å². The van der Waals surface area contributed by atoms with Crippen LogP contribution in [0.15, 0.2) is 33.9 Å². The molecule has 0 aromatic heterocycles. The van der Waals surface area contributed by atoms with Crippen molar-refractivity contribution in [2.24, 2.45) is 10.1 Å². The summed E-state index contributed by atoms with van der Waals surface area (Å²) in [6, 6.07) is 4.96. The molecule has 2 aliphatic heterocycles. The second-order valence-electron chi connectivity index (χ2n) is 4.93. The fourth-order valence-corrected chi connectivity index (χ4v) is 3.57. The highest BCUT2D eigenvalue weighted by Gasteiger charge is 2.35. The summed E-state index contributed by atoms with van der Waals surface area (Å²) in [4.78, 5) is 16.3. The Kier molecular flexibility index (Phi) is 4.57. The van der Waals surface area contributed by atoms with Gasteiger partial charge in [0, 0.05) is 10.0 Å². The zero-order valence-corrected chi connectivity index (χ0v) is 14.5. The number of nitrogens with zero attached hydrogens (tertiary/aromatic N) is 3. The SMILES string of the molecule is CCCC1=NN2C(=N)/C(=C/c3ccc(Cl)cc3Cl)C(=O)N=C2S1. The molecule has 1 aromatic rings. The molecule has 1 N–H and O–H groups in total. The molecule has 1 aromatic carbocycles. The maximum absolute atomic E-state index is 12.2. The minimum atomic E-state index is -0.465. The van der Waals surface area contributed by atoms with Crippen LogP contribution in [0, 0.1) is 5.41 Å². The van der Waals surface area contributed by atoms with Crippen LogP contribution in [0.5, 0.6) is 0 Å². The number of rotatable bonds is 3. The molecule has 0 saturated carbocycles. The lowest BCUT2D eigenvalue weighted by molar-refractivity contribution is -0.114. The van der Waals surface area contributed by atoms with Crippen LogP contribution in [0.25, 0.3) is 6.08 Å². The molecule has 0 radical (unpaired) electrons. The number of carbonyl (C=O) groups is 1. The monoisotopic (exact) mass is 366 g/mol. The number of amidine groups is 2. The number of aliphatic imine (C=N–C) groups is 1. The van der Waals surface area contributed by atoms with Gasteiger partial charge in [0.15, 0.2) is 5.84 Å². The second kappa shape index (κ2) is 6.47. The van der Waals surface area contributed by atoms with E-state index >= 15 is 0 Å². The smallest absolute Gasteiger partial charge is 0.282 e. The van der Waals surface area contributed by atoms with Gasteiger partial charge < -0.3 is 0 Å². The minimum Gasteiger partial charge on any atom is -0.282 e. The highest BCUT2D eigenvalue weighted by atomic mass is 35.5. The van der Waals surface area contributed by atoms with Crippen LogP contribution in [0.3, 0.4) is 0 Å². The van der Waals surface area contributed by atoms with E-state index < -0.39 is 5.91 Å². The number of hydrazone groups is 1. The number of fused-ring (bicyclic) bond motifs is 1. The first kappa shape index (κ1) is 16.2. The van der Waals surface area contributed by atoms with E-state index in [2.05, 4.69) is 10.1 Å². The molecule has 0 saturated heterocycles. The first-order chi connectivity index (χ1) is 11.0. The fraction of sp³-hybridized carbons (Fsp3) is 0.200. The van der Waals surface area contributed by atoms with E-state index in [0.29, 0.717) is 20.8 Å². The van der Waals surface area contributed by atoms with Gasteiger partial charge >= 0.3 is 0 Å². The molecule has 0 bridgehead atoms. The first-order valence-electron chi connectivity index (χ1n) is 6.93. The van der Waals surface area contributed by atoms with Gasteiger partial charge in [-0.2, -0.15) is 15.1 Å². The summed E-state index contributed by atoms with van der Waals surface area (Å²) in [6.07, 6.45) is 3.28. The van der Waals surface area contributed by atoms with E-state index in [0.717, 1.165) is 17.9 Å². The Bertz CT molecular complexity index is 801. The minimum absolute atomic E-state index is 0.00428. The molecule has 0 spiro atoms. The molecule has 118 valence electrons. The van der Waals surface area contributed by atoms with Crippen molar-refractivity contribution in [1.29, 1.82) is 5.41 Å². The molecule has 2 heterocycles. The number of nitrogens with one attached hydrogen (secondary N) is 1. The Hall–Kier alpha value is -1.63. The average Bonchev–Trinajstić information content (AvgIpc) is 2.88. The fourth-order valence-electron chi connectivity index (χ4n) is 2.12. The summed E-state index contributed by atoms with van der Waals surface area (Å²) < 4.78 is 0. The molecule has 0 fully saturated rings. The number of hydrogen-bond acceptors (Lipinski definition) is 4. The third kappa shape index (κ3) is 3.20. The molecular weight excluding hydrogens is 355 g/mol. The van der Waals surface area contributed by atoms with Gasteiger partial charge in [-0.3, -0.25) is 10.2 Å². The van der Waals surface area contributed by atoms with Crippen molar-refractivity contribution in [3.8, 4) is 0 Å². The van der Waals surface area contributed by atoms with E-state index in [9.17, 15) is 4.79 Å². The van der Waals surface area contributed by atoms with Gasteiger partial charge in [-0.15, -0.1) is 0 Å². The van der Waals surface area contributed by atoms with E-state index in [4.69, 9.17) is 28.6 Å². The summed E-state index contributed by atoms with van der Waals surface area (Å²) in [5.41, 5.74) is 0.757. The molecule has 0 atom stereocenters. The number of benzene rings is 1. The Morgan fingerprint density at radius 1 is 1.39 bits per heavy atom. The van der Waals surface area contributed by atoms with Crippen molar-refractivity contribution in [2.75, 3.05) is 0 Å². The van der Waals surface area contributed by atoms with Gasteiger partial charge in [-0.25, -0.2) is 0 Å². The Morgan fingerprint density at radius 2 is 2.17 bits per heavy atom. The topological polar surface area (TPSA) is 68.9 Å². The molecule has 23 heavy (non-hydrogen) atoms. The summed E-state index contributed by atoms with van der Waals surface area (Å²) in [5.74, 6) is -0.461. The molecule has 2 aliphatic rings. The van der Waals surface area contributed by atoms with Gasteiger partial charge in [-0.1, -0.05) is 36.2 Å². The van der Waals surface area contributed by atoms with Crippen LogP contribution in [0.1, 0.15) is 25.3 Å². The summed E-state index contributed by atoms with van der Waals surface area (Å²) in [5, 5.41) is 16.2. The molecule has 3 rings (SSSR count). The van der Waals surface area contributed by atoms with Crippen molar-refractivity contribution in [2.45, 2.75) is 19.8 Å². The van der Waals surface area contributed by atoms with Crippen LogP contribution in [0.2, 0.25) is 10.0 Å². The van der Waals surface area contributed by atoms with Gasteiger partial charge in [-0.05, 0) is 48.4 Å². The Morgan fingerprint density at radius 3 is 2.87 bits per heavy atom. The third-order valence-electron chi connectivity index (χ3n) is 3.22. The first-order valence-corrected chi connectivity index (χ1v) is 8.51. The van der Waals surface area contributed by atoms with Crippen LogP contribution in [-0.2, 0) is 4.79 Å². The molecule has 5 nitrogen and oxygen atoms in total. The summed E-state index contributed by atoms with van der Waals surface area (Å²) >= 11 is 13.3. The van der Waals surface area contributed by atoms with E-state index in [1.807, 2.05) is 6.92 Å². The highest BCUT2D eigenvalue weighted by molar-refractivity contribution is 8.26. The molecular formula is C15H12Cl2N4OS. The van der Waals surface area contributed by atoms with E-state index in [1.165, 1.54) is 16.8 Å². The average molecular weight is 367 g/mol. The lowest BCUT2D eigenvalue weighted by Crippen LogP contribution is -2.35. The van der Waals surface area contributed by atoms with Gasteiger partial charge in [0.25, 0.3) is 5.91 Å². The van der Waals surface area contributed by atoms with E-state index in [1.54, 1.807) is 24.3 Å². The Labute approximate surface area is 147 Å². The van der Waals surface area contributed by atoms with Gasteiger partial charge in [0.2, 0.25) is 5.17 Å². The number of carbonyl (C=O) groups excluding carboxylic acids is 1. The lowest BCUT2D eigenvalue weighted by atomic mass is 10.1. The number of halogens is 2. The quantitative estimate of drug-likeness (QED) is 0.805. The summed E-state index contributed by atoms with van der Waals surface area (Å²) in [7, 11) is 0. The van der Waals surface area contributed by atoms with Gasteiger partial charge in [0.05, 0.1) is 5.57 Å². The van der Waals surface area contributed by atoms with Crippen molar-refractivity contribution >= 4 is 63.0 Å². The molecule has 0 unspecified atom stereocenters. The number of amides is 1. The predicted octanol–water partition coefficient (Wildman–Crippen LogP) is 4.41. The van der Waals surface area contributed by atoms with Crippen LogP contribution >= 0.6 is 35.0 Å². The van der Waals surface area contributed by atoms with Crippen LogP contribution in [-0.4, -0.2) is 27.0 Å². The third-order valence-corrected chi connectivity index (χ3v) is 4.75. The molecule has 8 heteroatoms. The zero-order chi connectivity index (χ0) is 16.6. The summed E-state index contributed by atoms with van der Waals surface area (Å²) in [6.45, 7) is 2.05. The van der Waals surface area contributed by atoms with Crippen molar-refractivity contribution in [3.05, 3.63) is 39.4 Å². The number of hydrogen-bond donors (Lipinski definition) is 1. The molecule has 0 aliphatic carbocycles. The van der Waals surface area contributed by atoms with E-state index in [-0.39, 0.29) is 11.4 Å². The van der Waals surface area contributed by atoms with Crippen molar-refractivity contribution < 1.29 is 4.79 Å². The van der Waals surface area contributed by atoms with Gasteiger partial charge in [0.1, 0.15) is 5.04 Å². The molecule has 1 amide bonds. The highest BCUT2D eigenvalue weighted by Crippen LogP contribution is 2.31.